The van der Waals surface area contributed by atoms with Gasteiger partial charge in [0.1, 0.15) is 6.04 Å². The van der Waals surface area contributed by atoms with E-state index in [4.69, 9.17) is 34.1 Å². The number of carbonyl (C=O) groups is 4. The van der Waals surface area contributed by atoms with Crippen LogP contribution in [0, 0.1) is 6.92 Å². The average molecular weight is 684 g/mol. The van der Waals surface area contributed by atoms with Crippen LogP contribution < -0.4 is 53.6 Å². The number of aryl methyl sites for hydroxylation is 1. The van der Waals surface area contributed by atoms with Crippen LogP contribution in [0.4, 0.5) is 0 Å². The Balaban J connectivity index is 0.00000116. The number of guanidine groups is 1. The van der Waals surface area contributed by atoms with Crippen LogP contribution in [0.5, 0.6) is 0 Å². The molecule has 0 aliphatic carbocycles. The first-order chi connectivity index (χ1) is 21.7. The number of nitrogens with two attached hydrogens (primary N) is 4. The molecule has 17 heteroatoms. The second-order valence-electron chi connectivity index (χ2n) is 10.6. The van der Waals surface area contributed by atoms with Gasteiger partial charge in [0.15, 0.2) is 5.96 Å². The van der Waals surface area contributed by atoms with Crippen molar-refractivity contribution < 1.29 is 19.2 Å². The third-order valence-corrected chi connectivity index (χ3v) is 7.21. The van der Waals surface area contributed by atoms with Gasteiger partial charge in [-0.1, -0.05) is 49.7 Å². The summed E-state index contributed by atoms with van der Waals surface area (Å²) in [5.74, 6) is -2.12. The van der Waals surface area contributed by atoms with Crippen LogP contribution in [-0.4, -0.2) is 73.9 Å². The Morgan fingerprint density at radius 2 is 1.52 bits per heavy atom. The molecule has 0 saturated carbocycles. The molecule has 1 aliphatic rings. The molecule has 15 nitrogen and oxygen atoms in total. The highest BCUT2D eigenvalue weighted by molar-refractivity contribution is 8.26. The predicted molar refractivity (Wildman–Crippen MR) is 188 cm³/mol. The van der Waals surface area contributed by atoms with E-state index in [1.54, 1.807) is 0 Å². The highest BCUT2D eigenvalue weighted by Crippen LogP contribution is 2.02. The number of unbranched alkanes of at least 4 members (excludes halogenated alkanes) is 1. The zero-order valence-electron chi connectivity index (χ0n) is 27.3. The van der Waals surface area contributed by atoms with E-state index in [1.807, 2.05) is 45.2 Å². The van der Waals surface area contributed by atoms with Crippen molar-refractivity contribution >= 4 is 50.6 Å². The summed E-state index contributed by atoms with van der Waals surface area (Å²) in [4.78, 5) is 51.9. The monoisotopic (exact) mass is 683 g/mol. The second kappa shape index (κ2) is 25.4. The molecule has 0 saturated heterocycles. The first-order valence-corrected chi connectivity index (χ1v) is 17.2. The Morgan fingerprint density at radius 1 is 0.913 bits per heavy atom. The summed E-state index contributed by atoms with van der Waals surface area (Å²) in [7, 11) is -0.212. The summed E-state index contributed by atoms with van der Waals surface area (Å²) in [6.45, 7) is 8.07. The van der Waals surface area contributed by atoms with E-state index in [9.17, 15) is 19.2 Å². The Morgan fingerprint density at radius 3 is 1.98 bits per heavy atom. The van der Waals surface area contributed by atoms with Crippen molar-refractivity contribution in [1.29, 1.82) is 0 Å². The maximum Gasteiger partial charge on any atom is 0.243 e. The molecule has 1 aromatic rings. The van der Waals surface area contributed by atoms with Gasteiger partial charge in [0.25, 0.3) is 0 Å². The van der Waals surface area contributed by atoms with Crippen molar-refractivity contribution in [2.24, 2.45) is 27.9 Å². The number of nitrogens with zero attached hydrogens (tertiary/aromatic N) is 1. The molecule has 0 spiro atoms. The SMILES string of the molecule is CC(C)NC(CCCN=C(N)N)C(=O)NCC(=O)NC(CCCCN)C(=O)NCC(N)=O.CC1=CNS(=S)N1.Cc1ccccc1. The molecule has 0 bridgehead atoms. The molecule has 0 radical (unpaired) electrons. The molecule has 2 rings (SSSR count). The van der Waals surface area contributed by atoms with Gasteiger partial charge in [0.2, 0.25) is 23.6 Å². The number of primary amides is 1. The van der Waals surface area contributed by atoms with Crippen LogP contribution >= 0.6 is 0 Å². The summed E-state index contributed by atoms with van der Waals surface area (Å²) >= 11 is 4.83. The lowest BCUT2D eigenvalue weighted by atomic mass is 10.1. The summed E-state index contributed by atoms with van der Waals surface area (Å²) in [5.41, 5.74) is 23.5. The van der Waals surface area contributed by atoms with Gasteiger partial charge in [-0.25, -0.2) is 0 Å². The number of amides is 4. The molecule has 4 amide bonds. The van der Waals surface area contributed by atoms with E-state index in [2.05, 4.69) is 54.8 Å². The standard InChI is InChI=1S/C19H39N9O4.C7H8.C3H6N2S2/c1-12(2)27-13(7-5-9-24-19(22)23)17(31)26-11-16(30)28-14(6-3-4-8-20)18(32)25-10-15(21)29;1-7-5-3-2-4-6-7;1-3-2-4-7(6)5-3/h12-14,27H,3-11,20H2,1-2H3,(H2,21,29)(H,25,32)(H,26,31)(H,28,30)(H4,22,23,24);2-6H,1H3;2,4-5H,1H3. The molecule has 1 aromatic carbocycles. The van der Waals surface area contributed by atoms with E-state index in [1.165, 1.54) is 5.56 Å². The van der Waals surface area contributed by atoms with E-state index in [-0.39, 0.29) is 40.8 Å². The second-order valence-corrected chi connectivity index (χ2v) is 12.6. The minimum Gasteiger partial charge on any atom is -0.370 e. The minimum absolute atomic E-state index is 0.0135. The quantitative estimate of drug-likeness (QED) is 0.0524. The summed E-state index contributed by atoms with van der Waals surface area (Å²) < 4.78 is 5.95. The van der Waals surface area contributed by atoms with Crippen molar-refractivity contribution in [3.05, 3.63) is 47.8 Å². The van der Waals surface area contributed by atoms with Crippen LogP contribution in [0.1, 0.15) is 58.4 Å². The number of hydrogen-bond donors (Lipinski definition) is 10. The molecule has 0 aromatic heterocycles. The molecule has 1 heterocycles. The number of allylic oxidation sites excluding steroid dienone is 1. The van der Waals surface area contributed by atoms with Gasteiger partial charge in [0, 0.05) is 24.5 Å². The summed E-state index contributed by atoms with van der Waals surface area (Å²) in [6, 6.07) is 8.91. The van der Waals surface area contributed by atoms with Crippen LogP contribution in [-0.2, 0) is 40.2 Å². The van der Waals surface area contributed by atoms with Crippen molar-refractivity contribution in [2.45, 2.75) is 77.9 Å². The van der Waals surface area contributed by atoms with Gasteiger partial charge >= 0.3 is 0 Å². The van der Waals surface area contributed by atoms with Crippen LogP contribution in [0.15, 0.2) is 47.2 Å². The Labute approximate surface area is 279 Å². The lowest BCUT2D eigenvalue weighted by molar-refractivity contribution is -0.131. The zero-order chi connectivity index (χ0) is 34.9. The molecule has 46 heavy (non-hydrogen) atoms. The van der Waals surface area contributed by atoms with Crippen molar-refractivity contribution in [2.75, 3.05) is 26.2 Å². The van der Waals surface area contributed by atoms with Gasteiger partial charge in [-0.3, -0.25) is 24.2 Å². The van der Waals surface area contributed by atoms with Crippen LogP contribution in [0.25, 0.3) is 0 Å². The lowest BCUT2D eigenvalue weighted by Gasteiger charge is -2.21. The molecule has 3 unspecified atom stereocenters. The summed E-state index contributed by atoms with van der Waals surface area (Å²) in [6.07, 6.45) is 4.55. The lowest BCUT2D eigenvalue weighted by Crippen LogP contribution is -2.52. The van der Waals surface area contributed by atoms with E-state index in [0.29, 0.717) is 45.2 Å². The maximum absolute atomic E-state index is 12.5. The fraction of sp³-hybridized carbons (Fsp3) is 0.552. The van der Waals surface area contributed by atoms with Crippen molar-refractivity contribution in [1.82, 2.24) is 30.7 Å². The van der Waals surface area contributed by atoms with Crippen LogP contribution in [0.2, 0.25) is 0 Å². The number of carbonyl (C=O) groups excluding carboxylic acids is 4. The molecule has 1 aliphatic heterocycles. The maximum atomic E-state index is 12.5. The number of nitrogens with one attached hydrogen (secondary N) is 6. The number of benzene rings is 1. The number of aliphatic imine (C=N–C) groups is 1. The van der Waals surface area contributed by atoms with Gasteiger partial charge in [0.05, 0.1) is 29.0 Å². The summed E-state index contributed by atoms with van der Waals surface area (Å²) in [5, 5.41) is 10.7. The zero-order valence-corrected chi connectivity index (χ0v) is 28.9. The van der Waals surface area contributed by atoms with Gasteiger partial charge in [-0.05, 0) is 63.7 Å². The van der Waals surface area contributed by atoms with Gasteiger partial charge in [-0.2, -0.15) is 0 Å². The smallest absolute Gasteiger partial charge is 0.243 e. The molecular formula is C29H53N11O4S2. The van der Waals surface area contributed by atoms with Crippen molar-refractivity contribution in [3.63, 3.8) is 0 Å². The minimum atomic E-state index is -0.866. The first-order valence-electron chi connectivity index (χ1n) is 15.0. The third-order valence-electron chi connectivity index (χ3n) is 5.83. The number of hydrogen-bond acceptors (Lipinski definition) is 8. The molecule has 260 valence electrons. The van der Waals surface area contributed by atoms with Gasteiger partial charge in [-0.15, -0.1) is 0 Å². The Kier molecular flexibility index (Phi) is 23.3. The predicted octanol–water partition coefficient (Wildman–Crippen LogP) is -1.32. The molecule has 3 atom stereocenters. The van der Waals surface area contributed by atoms with Gasteiger partial charge < -0.3 is 53.6 Å². The van der Waals surface area contributed by atoms with Crippen LogP contribution in [0.3, 0.4) is 0 Å². The number of rotatable bonds is 17. The molecular weight excluding hydrogens is 631 g/mol. The van der Waals surface area contributed by atoms with E-state index >= 15 is 0 Å². The molecule has 14 N–H and O–H groups in total. The van der Waals surface area contributed by atoms with E-state index < -0.39 is 29.8 Å². The van der Waals surface area contributed by atoms with Crippen molar-refractivity contribution in [3.8, 4) is 0 Å². The molecule has 0 fully saturated rings. The first kappa shape index (κ1) is 42.2. The normalized spacial score (nSPS) is 14.3. The average Bonchev–Trinajstić information content (AvgIpc) is 3.38. The highest BCUT2D eigenvalue weighted by Gasteiger charge is 2.23. The topological polar surface area (TPSA) is 257 Å². The fourth-order valence-corrected chi connectivity index (χ4v) is 4.91. The Hall–Kier alpha value is -3.80. The highest BCUT2D eigenvalue weighted by atomic mass is 32.8. The Bertz CT molecular complexity index is 1150. The third kappa shape index (κ3) is 23.6. The van der Waals surface area contributed by atoms with E-state index in [0.717, 1.165) is 5.70 Å². The largest absolute Gasteiger partial charge is 0.370 e. The fourth-order valence-electron chi connectivity index (χ4n) is 3.67.